The molecule has 154 valence electrons. The van der Waals surface area contributed by atoms with Gasteiger partial charge in [-0.25, -0.2) is 0 Å². The summed E-state index contributed by atoms with van der Waals surface area (Å²) in [6.45, 7) is 3.55. The summed E-state index contributed by atoms with van der Waals surface area (Å²) in [6.07, 6.45) is 10.2. The van der Waals surface area contributed by atoms with Crippen molar-refractivity contribution in [3.63, 3.8) is 0 Å². The lowest BCUT2D eigenvalue weighted by Crippen LogP contribution is -2.33. The van der Waals surface area contributed by atoms with Crippen LogP contribution in [0, 0.1) is 5.92 Å². The first-order chi connectivity index (χ1) is 13.7. The van der Waals surface area contributed by atoms with Crippen LogP contribution in [0.2, 0.25) is 0 Å². The van der Waals surface area contributed by atoms with Crippen LogP contribution >= 0.6 is 0 Å². The van der Waals surface area contributed by atoms with Gasteiger partial charge in [-0.2, -0.15) is 0 Å². The summed E-state index contributed by atoms with van der Waals surface area (Å²) in [5.74, 6) is 1.01. The number of fused-ring (bicyclic) bond motifs is 1. The molecule has 1 aromatic rings. The molecular formula is C22H32N2O4. The van der Waals surface area contributed by atoms with Gasteiger partial charge in [0.25, 0.3) is 0 Å². The second kappa shape index (κ2) is 10.3. The average Bonchev–Trinajstić information content (AvgIpc) is 3.32. The Bertz CT molecular complexity index is 677. The zero-order valence-electron chi connectivity index (χ0n) is 16.9. The van der Waals surface area contributed by atoms with E-state index in [2.05, 4.69) is 12.2 Å². The molecule has 6 nitrogen and oxygen atoms in total. The minimum Gasteiger partial charge on any atom is -0.454 e. The Morgan fingerprint density at radius 3 is 2.57 bits per heavy atom. The molecule has 1 unspecified atom stereocenters. The summed E-state index contributed by atoms with van der Waals surface area (Å²) in [6, 6.07) is 5.45. The number of amides is 2. The highest BCUT2D eigenvalue weighted by atomic mass is 16.7. The molecular weight excluding hydrogens is 356 g/mol. The smallest absolute Gasteiger partial charge is 0.231 e. The lowest BCUT2D eigenvalue weighted by molar-refractivity contribution is -0.126. The van der Waals surface area contributed by atoms with Crippen LogP contribution in [0.3, 0.4) is 0 Å². The van der Waals surface area contributed by atoms with Gasteiger partial charge in [0.1, 0.15) is 0 Å². The fourth-order valence-electron chi connectivity index (χ4n) is 3.80. The maximum Gasteiger partial charge on any atom is 0.231 e. The van der Waals surface area contributed by atoms with E-state index in [-0.39, 0.29) is 30.9 Å². The van der Waals surface area contributed by atoms with Gasteiger partial charge in [0, 0.05) is 31.3 Å². The molecule has 1 saturated heterocycles. The number of ether oxygens (including phenoxy) is 2. The highest BCUT2D eigenvalue weighted by Gasteiger charge is 2.35. The number of rotatable bonds is 11. The summed E-state index contributed by atoms with van der Waals surface area (Å²) in [5.41, 5.74) is 0.757. The Kier molecular flexibility index (Phi) is 7.57. The van der Waals surface area contributed by atoms with Crippen molar-refractivity contribution >= 4 is 17.5 Å². The van der Waals surface area contributed by atoms with Crippen molar-refractivity contribution < 1.29 is 19.1 Å². The molecule has 6 heteroatoms. The molecule has 0 aromatic heterocycles. The number of hydrogen-bond donors (Lipinski definition) is 1. The van der Waals surface area contributed by atoms with Gasteiger partial charge >= 0.3 is 0 Å². The number of nitrogens with zero attached hydrogens (tertiary/aromatic N) is 1. The van der Waals surface area contributed by atoms with Gasteiger partial charge in [-0.3, -0.25) is 9.59 Å². The summed E-state index contributed by atoms with van der Waals surface area (Å²) >= 11 is 0. The van der Waals surface area contributed by atoms with Crippen LogP contribution in [0.4, 0.5) is 5.69 Å². The summed E-state index contributed by atoms with van der Waals surface area (Å²) in [7, 11) is 0. The van der Waals surface area contributed by atoms with Crippen LogP contribution in [0.25, 0.3) is 0 Å². The van der Waals surface area contributed by atoms with Crippen LogP contribution in [-0.2, 0) is 9.59 Å². The fourth-order valence-corrected chi connectivity index (χ4v) is 3.80. The topological polar surface area (TPSA) is 67.9 Å². The van der Waals surface area contributed by atoms with E-state index in [1.807, 2.05) is 6.07 Å². The third kappa shape index (κ3) is 5.40. The standard InChI is InChI=1S/C22H32N2O4/c1-2-3-4-5-6-7-8-9-12-23-22(26)17-13-21(25)24(15-17)18-10-11-19-20(14-18)28-16-27-19/h10-11,14,17H,2-9,12-13,15-16H2,1H3,(H,23,26). The Labute approximate surface area is 167 Å². The molecule has 3 rings (SSSR count). The molecule has 1 N–H and O–H groups in total. The molecule has 2 heterocycles. The molecule has 1 aromatic carbocycles. The lowest BCUT2D eigenvalue weighted by Gasteiger charge is -2.17. The van der Waals surface area contributed by atoms with Crippen molar-refractivity contribution in [2.75, 3.05) is 24.8 Å². The van der Waals surface area contributed by atoms with Crippen molar-refractivity contribution in [1.82, 2.24) is 5.32 Å². The second-order valence-corrected chi connectivity index (χ2v) is 7.71. The Morgan fingerprint density at radius 2 is 1.79 bits per heavy atom. The molecule has 0 bridgehead atoms. The Morgan fingerprint density at radius 1 is 1.07 bits per heavy atom. The fraction of sp³-hybridized carbons (Fsp3) is 0.636. The molecule has 0 saturated carbocycles. The first kappa shape index (κ1) is 20.5. The zero-order valence-corrected chi connectivity index (χ0v) is 16.9. The summed E-state index contributed by atoms with van der Waals surface area (Å²) in [4.78, 5) is 26.5. The largest absolute Gasteiger partial charge is 0.454 e. The van der Waals surface area contributed by atoms with E-state index in [0.717, 1.165) is 18.5 Å². The molecule has 0 aliphatic carbocycles. The van der Waals surface area contributed by atoms with Crippen molar-refractivity contribution in [3.8, 4) is 11.5 Å². The van der Waals surface area contributed by atoms with Gasteiger partial charge in [-0.15, -0.1) is 0 Å². The van der Waals surface area contributed by atoms with Gasteiger partial charge in [0.05, 0.1) is 5.92 Å². The molecule has 0 spiro atoms. The van der Waals surface area contributed by atoms with Gasteiger partial charge in [-0.05, 0) is 18.6 Å². The van der Waals surface area contributed by atoms with Crippen molar-refractivity contribution in [2.45, 2.75) is 64.7 Å². The highest BCUT2D eigenvalue weighted by molar-refractivity contribution is 6.00. The molecule has 2 aliphatic rings. The second-order valence-electron chi connectivity index (χ2n) is 7.71. The number of benzene rings is 1. The van der Waals surface area contributed by atoms with Crippen LogP contribution in [0.5, 0.6) is 11.5 Å². The van der Waals surface area contributed by atoms with E-state index < -0.39 is 0 Å². The number of nitrogens with one attached hydrogen (secondary N) is 1. The van der Waals surface area contributed by atoms with Gasteiger partial charge in [-0.1, -0.05) is 51.9 Å². The lowest BCUT2D eigenvalue weighted by atomic mass is 10.1. The maximum atomic E-state index is 12.4. The first-order valence-corrected chi connectivity index (χ1v) is 10.7. The molecule has 2 amide bonds. The van der Waals surface area contributed by atoms with Crippen LogP contribution < -0.4 is 19.7 Å². The first-order valence-electron chi connectivity index (χ1n) is 10.7. The molecule has 2 aliphatic heterocycles. The maximum absolute atomic E-state index is 12.4. The van der Waals surface area contributed by atoms with Crippen LogP contribution in [0.1, 0.15) is 64.7 Å². The van der Waals surface area contributed by atoms with Crippen molar-refractivity contribution in [3.05, 3.63) is 18.2 Å². The summed E-state index contributed by atoms with van der Waals surface area (Å²) < 4.78 is 10.7. The zero-order chi connectivity index (χ0) is 19.8. The Balaban J connectivity index is 1.36. The van der Waals surface area contributed by atoms with Gasteiger partial charge in [0.15, 0.2) is 11.5 Å². The molecule has 0 radical (unpaired) electrons. The average molecular weight is 389 g/mol. The Hall–Kier alpha value is -2.24. The number of anilines is 1. The normalized spacial score (nSPS) is 18.0. The minimum atomic E-state index is -0.285. The quantitative estimate of drug-likeness (QED) is 0.581. The number of carbonyl (C=O) groups excluding carboxylic acids is 2. The predicted octanol–water partition coefficient (Wildman–Crippen LogP) is 4.03. The van der Waals surface area contributed by atoms with Crippen molar-refractivity contribution in [2.24, 2.45) is 5.92 Å². The monoisotopic (exact) mass is 388 g/mol. The van der Waals surface area contributed by atoms with E-state index in [1.165, 1.54) is 38.5 Å². The minimum absolute atomic E-state index is 0.0143. The van der Waals surface area contributed by atoms with Crippen LogP contribution in [-0.4, -0.2) is 31.7 Å². The predicted molar refractivity (Wildman–Crippen MR) is 109 cm³/mol. The van der Waals surface area contributed by atoms with Crippen LogP contribution in [0.15, 0.2) is 18.2 Å². The van der Waals surface area contributed by atoms with E-state index in [1.54, 1.807) is 17.0 Å². The highest BCUT2D eigenvalue weighted by Crippen LogP contribution is 2.37. The van der Waals surface area contributed by atoms with E-state index in [4.69, 9.17) is 9.47 Å². The van der Waals surface area contributed by atoms with E-state index >= 15 is 0 Å². The summed E-state index contributed by atoms with van der Waals surface area (Å²) in [5, 5.41) is 3.01. The molecule has 1 atom stereocenters. The van der Waals surface area contributed by atoms with E-state index in [9.17, 15) is 9.59 Å². The molecule has 1 fully saturated rings. The van der Waals surface area contributed by atoms with Gasteiger partial charge in [0.2, 0.25) is 18.6 Å². The van der Waals surface area contributed by atoms with Crippen molar-refractivity contribution in [1.29, 1.82) is 0 Å². The molecule has 28 heavy (non-hydrogen) atoms. The number of hydrogen-bond acceptors (Lipinski definition) is 4. The third-order valence-electron chi connectivity index (χ3n) is 5.49. The number of unbranched alkanes of at least 4 members (excludes halogenated alkanes) is 7. The van der Waals surface area contributed by atoms with Gasteiger partial charge < -0.3 is 19.7 Å². The third-order valence-corrected chi connectivity index (χ3v) is 5.49. The number of carbonyl (C=O) groups is 2. The van der Waals surface area contributed by atoms with E-state index in [0.29, 0.717) is 24.6 Å². The SMILES string of the molecule is CCCCCCCCCCNC(=O)C1CC(=O)N(c2ccc3c(c2)OCO3)C1.